The molecule has 0 radical (unpaired) electrons. The number of unbranched alkanes of at least 4 members (excludes halogenated alkanes) is 1. The predicted molar refractivity (Wildman–Crippen MR) is 94.5 cm³/mol. The lowest BCUT2D eigenvalue weighted by Crippen LogP contribution is -2.32. The van der Waals surface area contributed by atoms with Gasteiger partial charge in [0.2, 0.25) is 17.7 Å². The van der Waals surface area contributed by atoms with E-state index in [1.54, 1.807) is 0 Å². The summed E-state index contributed by atoms with van der Waals surface area (Å²) in [6, 6.07) is 0. The van der Waals surface area contributed by atoms with Gasteiger partial charge in [0, 0.05) is 31.7 Å². The Bertz CT molecular complexity index is 434. The maximum absolute atomic E-state index is 11.8. The van der Waals surface area contributed by atoms with Gasteiger partial charge in [0.25, 0.3) is 0 Å². The van der Waals surface area contributed by atoms with E-state index in [1.165, 1.54) is 23.7 Å². The van der Waals surface area contributed by atoms with E-state index < -0.39 is 0 Å². The van der Waals surface area contributed by atoms with Crippen LogP contribution in [0.15, 0.2) is 0 Å². The zero-order chi connectivity index (χ0) is 17.9. The number of nitrogens with one attached hydrogen (secondary N) is 1. The number of carbonyl (C=O) groups excluding carboxylic acids is 3. The number of rotatable bonds is 12. The number of hydrogen-bond acceptors (Lipinski definition) is 6. The standard InChI is InChI=1S/C16H29N3O4S/c1-12(5-3-4-6-17)15(21)18-7-8-23-9-10-24-13-11-14(20)19(2)16(13)22/h12-13H,3-11,17H2,1-2H3,(H,18,21). The van der Waals surface area contributed by atoms with Crippen LogP contribution in [0.2, 0.25) is 0 Å². The average molecular weight is 359 g/mol. The molecule has 2 atom stereocenters. The molecule has 24 heavy (non-hydrogen) atoms. The quantitative estimate of drug-likeness (QED) is 0.386. The van der Waals surface area contributed by atoms with Gasteiger partial charge >= 0.3 is 0 Å². The molecule has 0 saturated carbocycles. The molecular weight excluding hydrogens is 330 g/mol. The van der Waals surface area contributed by atoms with Crippen molar-refractivity contribution >= 4 is 29.5 Å². The molecule has 1 rings (SSSR count). The molecule has 0 bridgehead atoms. The monoisotopic (exact) mass is 359 g/mol. The number of imide groups is 1. The fourth-order valence-electron chi connectivity index (χ4n) is 2.35. The average Bonchev–Trinajstić information content (AvgIpc) is 2.81. The van der Waals surface area contributed by atoms with E-state index in [2.05, 4.69) is 5.32 Å². The highest BCUT2D eigenvalue weighted by Gasteiger charge is 2.35. The Kier molecular flexibility index (Phi) is 9.97. The maximum Gasteiger partial charge on any atom is 0.242 e. The lowest BCUT2D eigenvalue weighted by atomic mass is 10.0. The molecule has 0 aromatic rings. The van der Waals surface area contributed by atoms with Crippen molar-refractivity contribution in [2.45, 2.75) is 37.9 Å². The molecule has 1 aliphatic heterocycles. The van der Waals surface area contributed by atoms with Gasteiger partial charge in [-0.1, -0.05) is 13.3 Å². The first-order chi connectivity index (χ1) is 11.5. The van der Waals surface area contributed by atoms with Gasteiger partial charge < -0.3 is 15.8 Å². The van der Waals surface area contributed by atoms with E-state index >= 15 is 0 Å². The molecule has 1 aliphatic rings. The van der Waals surface area contributed by atoms with Crippen molar-refractivity contribution in [2.24, 2.45) is 11.7 Å². The number of carbonyl (C=O) groups is 3. The van der Waals surface area contributed by atoms with Gasteiger partial charge in [-0.3, -0.25) is 19.3 Å². The molecule has 138 valence electrons. The van der Waals surface area contributed by atoms with Crippen LogP contribution in [0, 0.1) is 5.92 Å². The molecule has 8 heteroatoms. The van der Waals surface area contributed by atoms with Crippen LogP contribution in [-0.2, 0) is 19.1 Å². The van der Waals surface area contributed by atoms with E-state index in [9.17, 15) is 14.4 Å². The lowest BCUT2D eigenvalue weighted by molar-refractivity contribution is -0.136. The number of nitrogens with zero attached hydrogens (tertiary/aromatic N) is 1. The Morgan fingerprint density at radius 2 is 2.17 bits per heavy atom. The molecule has 3 N–H and O–H groups in total. The number of nitrogens with two attached hydrogens (primary N) is 1. The molecule has 1 heterocycles. The van der Waals surface area contributed by atoms with Crippen molar-refractivity contribution in [3.05, 3.63) is 0 Å². The maximum atomic E-state index is 11.8. The third-order valence-electron chi connectivity index (χ3n) is 3.97. The smallest absolute Gasteiger partial charge is 0.242 e. The Balaban J connectivity index is 2.00. The normalized spacial score (nSPS) is 19.0. The van der Waals surface area contributed by atoms with E-state index in [0.29, 0.717) is 32.1 Å². The van der Waals surface area contributed by atoms with Gasteiger partial charge in [0.1, 0.15) is 0 Å². The Morgan fingerprint density at radius 3 is 2.79 bits per heavy atom. The van der Waals surface area contributed by atoms with Gasteiger partial charge in [0.05, 0.1) is 18.5 Å². The first-order valence-electron chi connectivity index (χ1n) is 8.45. The SMILES string of the molecule is CC(CCCCN)C(=O)NCCOCCSC1CC(=O)N(C)C1=O. The Hall–Kier alpha value is -1.12. The van der Waals surface area contributed by atoms with Crippen LogP contribution in [0.4, 0.5) is 0 Å². The summed E-state index contributed by atoms with van der Waals surface area (Å²) < 4.78 is 5.45. The molecule has 3 amide bonds. The molecule has 1 fully saturated rings. The van der Waals surface area contributed by atoms with Crippen LogP contribution in [0.3, 0.4) is 0 Å². The van der Waals surface area contributed by atoms with Crippen molar-refractivity contribution in [3.63, 3.8) is 0 Å². The van der Waals surface area contributed by atoms with E-state index in [4.69, 9.17) is 10.5 Å². The second-order valence-electron chi connectivity index (χ2n) is 5.94. The first-order valence-corrected chi connectivity index (χ1v) is 9.49. The molecule has 1 saturated heterocycles. The summed E-state index contributed by atoms with van der Waals surface area (Å²) in [6.07, 6.45) is 3.04. The van der Waals surface area contributed by atoms with Crippen LogP contribution < -0.4 is 11.1 Å². The molecular formula is C16H29N3O4S. The largest absolute Gasteiger partial charge is 0.379 e. The molecule has 7 nitrogen and oxygen atoms in total. The number of likely N-dealkylation sites (tertiary alicyclic amines) is 1. The third-order valence-corrected chi connectivity index (χ3v) is 5.14. The van der Waals surface area contributed by atoms with Crippen LogP contribution in [0.1, 0.15) is 32.6 Å². The molecule has 0 aromatic carbocycles. The van der Waals surface area contributed by atoms with Gasteiger partial charge in [-0.05, 0) is 19.4 Å². The molecule has 0 aromatic heterocycles. The molecule has 0 spiro atoms. The molecule has 0 aliphatic carbocycles. The fraction of sp³-hybridized carbons (Fsp3) is 0.812. The highest BCUT2D eigenvalue weighted by Crippen LogP contribution is 2.23. The summed E-state index contributed by atoms with van der Waals surface area (Å²) >= 11 is 1.45. The van der Waals surface area contributed by atoms with E-state index in [1.807, 2.05) is 6.92 Å². The van der Waals surface area contributed by atoms with Crippen LogP contribution >= 0.6 is 11.8 Å². The lowest BCUT2D eigenvalue weighted by Gasteiger charge is -2.12. The van der Waals surface area contributed by atoms with Crippen molar-refractivity contribution < 1.29 is 19.1 Å². The van der Waals surface area contributed by atoms with Crippen LogP contribution in [0.5, 0.6) is 0 Å². The first kappa shape index (κ1) is 20.9. The predicted octanol–water partition coefficient (Wildman–Crippen LogP) is 0.375. The zero-order valence-corrected chi connectivity index (χ0v) is 15.4. The van der Waals surface area contributed by atoms with Crippen LogP contribution in [0.25, 0.3) is 0 Å². The summed E-state index contributed by atoms with van der Waals surface area (Å²) in [5, 5.41) is 2.57. The second kappa shape index (κ2) is 11.4. The van der Waals surface area contributed by atoms with Crippen molar-refractivity contribution in [1.82, 2.24) is 10.2 Å². The summed E-state index contributed by atoms with van der Waals surface area (Å²) in [5.74, 6) is 0.446. The van der Waals surface area contributed by atoms with Gasteiger partial charge in [-0.25, -0.2) is 0 Å². The van der Waals surface area contributed by atoms with Gasteiger partial charge in [0.15, 0.2) is 0 Å². The second-order valence-corrected chi connectivity index (χ2v) is 7.25. The summed E-state index contributed by atoms with van der Waals surface area (Å²) in [7, 11) is 1.52. The highest BCUT2D eigenvalue weighted by molar-refractivity contribution is 8.00. The topological polar surface area (TPSA) is 102 Å². The number of amides is 3. The Morgan fingerprint density at radius 1 is 1.42 bits per heavy atom. The minimum atomic E-state index is -0.278. The summed E-state index contributed by atoms with van der Waals surface area (Å²) in [5.41, 5.74) is 5.43. The van der Waals surface area contributed by atoms with Crippen molar-refractivity contribution in [3.8, 4) is 0 Å². The Labute approximate surface area is 148 Å². The summed E-state index contributed by atoms with van der Waals surface area (Å²) in [4.78, 5) is 36.1. The van der Waals surface area contributed by atoms with Crippen LogP contribution in [-0.4, -0.2) is 67.0 Å². The number of hydrogen-bond donors (Lipinski definition) is 2. The zero-order valence-electron chi connectivity index (χ0n) is 14.6. The minimum Gasteiger partial charge on any atom is -0.379 e. The highest BCUT2D eigenvalue weighted by atomic mass is 32.2. The van der Waals surface area contributed by atoms with Gasteiger partial charge in [-0.2, -0.15) is 0 Å². The number of thioether (sulfide) groups is 1. The van der Waals surface area contributed by atoms with E-state index in [-0.39, 0.29) is 35.3 Å². The molecule has 2 unspecified atom stereocenters. The fourth-order valence-corrected chi connectivity index (χ4v) is 3.41. The summed E-state index contributed by atoms with van der Waals surface area (Å²) in [6.45, 7) is 4.00. The van der Waals surface area contributed by atoms with Crippen molar-refractivity contribution in [2.75, 3.05) is 39.1 Å². The third kappa shape index (κ3) is 7.19. The van der Waals surface area contributed by atoms with E-state index in [0.717, 1.165) is 19.3 Å². The van der Waals surface area contributed by atoms with Crippen molar-refractivity contribution in [1.29, 1.82) is 0 Å². The minimum absolute atomic E-state index is 0.00462. The number of ether oxygens (including phenoxy) is 1. The van der Waals surface area contributed by atoms with Gasteiger partial charge in [-0.15, -0.1) is 11.8 Å².